The number of halogens is 4. The van der Waals surface area contributed by atoms with Gasteiger partial charge in [0.05, 0.1) is 17.9 Å². The van der Waals surface area contributed by atoms with Gasteiger partial charge in [-0.2, -0.15) is 13.2 Å². The first kappa shape index (κ1) is 18.1. The Labute approximate surface area is 126 Å². The maximum absolute atomic E-state index is 12.6. The molecule has 0 spiro atoms. The summed E-state index contributed by atoms with van der Waals surface area (Å²) in [6.07, 6.45) is -4.45. The molecular weight excluding hydrogens is 329 g/mol. The molecule has 1 atom stereocenters. The van der Waals surface area contributed by atoms with Crippen LogP contribution in [0, 0.1) is 11.8 Å². The van der Waals surface area contributed by atoms with Crippen LogP contribution in [0.1, 0.15) is 19.4 Å². The monoisotopic (exact) mass is 344 g/mol. The van der Waals surface area contributed by atoms with Crippen LogP contribution in [0.2, 0.25) is 0 Å². The van der Waals surface area contributed by atoms with Crippen LogP contribution in [0.3, 0.4) is 0 Å². The summed E-state index contributed by atoms with van der Waals surface area (Å²) in [6, 6.07) is 4.45. The van der Waals surface area contributed by atoms with Crippen molar-refractivity contribution in [2.75, 3.05) is 12.4 Å². The normalized spacial score (nSPS) is 14.2. The van der Waals surface area contributed by atoms with Gasteiger partial charge in [0.15, 0.2) is 0 Å². The van der Waals surface area contributed by atoms with E-state index in [0.29, 0.717) is 0 Å². The summed E-state index contributed by atoms with van der Waals surface area (Å²) in [5, 5.41) is 0. The number of alkyl halides is 3. The smallest absolute Gasteiger partial charge is 0.416 e. The summed E-state index contributed by atoms with van der Waals surface area (Å²) in [5.74, 6) is -0.681. The van der Waals surface area contributed by atoms with Gasteiger partial charge in [-0.15, -0.1) is 0 Å². The molecule has 0 aliphatic carbocycles. The third kappa shape index (κ3) is 6.56. The van der Waals surface area contributed by atoms with E-state index in [1.54, 1.807) is 13.8 Å². The van der Waals surface area contributed by atoms with E-state index in [2.05, 4.69) is 0 Å². The number of rotatable bonds is 6. The first-order chi connectivity index (χ1) is 9.49. The molecule has 0 heterocycles. The molecule has 0 aliphatic heterocycles. The van der Waals surface area contributed by atoms with E-state index in [0.717, 1.165) is 12.1 Å². The molecule has 8 heteroatoms. The van der Waals surface area contributed by atoms with Crippen molar-refractivity contribution in [3.63, 3.8) is 0 Å². The largest absolute Gasteiger partial charge is 0.493 e. The van der Waals surface area contributed by atoms with Crippen LogP contribution in [0.4, 0.5) is 13.2 Å². The van der Waals surface area contributed by atoms with Gasteiger partial charge < -0.3 is 4.74 Å². The summed E-state index contributed by atoms with van der Waals surface area (Å²) in [6.45, 7) is 3.56. The van der Waals surface area contributed by atoms with Crippen molar-refractivity contribution in [2.24, 2.45) is 11.8 Å². The second kappa shape index (κ2) is 6.87. The average molecular weight is 345 g/mol. The Kier molecular flexibility index (Phi) is 5.92. The summed E-state index contributed by atoms with van der Waals surface area (Å²) in [7, 11) is 1.51. The van der Waals surface area contributed by atoms with E-state index in [-0.39, 0.29) is 24.0 Å². The second-order valence-corrected chi connectivity index (χ2v) is 7.87. The highest BCUT2D eigenvalue weighted by atomic mass is 35.7. The first-order valence-electron chi connectivity index (χ1n) is 6.21. The van der Waals surface area contributed by atoms with Crippen molar-refractivity contribution >= 4 is 19.7 Å². The van der Waals surface area contributed by atoms with Crippen molar-refractivity contribution in [1.82, 2.24) is 0 Å². The lowest BCUT2D eigenvalue weighted by Crippen LogP contribution is -2.24. The fraction of sp³-hybridized carbons (Fsp3) is 0.538. The zero-order chi connectivity index (χ0) is 16.3. The molecule has 1 aromatic carbocycles. The number of hydrogen-bond acceptors (Lipinski definition) is 3. The molecule has 0 aromatic heterocycles. The summed E-state index contributed by atoms with van der Waals surface area (Å²) < 4.78 is 65.2. The van der Waals surface area contributed by atoms with Gasteiger partial charge in [-0.05, 0) is 24.1 Å². The lowest BCUT2D eigenvalue weighted by atomic mass is 9.99. The van der Waals surface area contributed by atoms with E-state index in [1.807, 2.05) is 0 Å². The molecule has 21 heavy (non-hydrogen) atoms. The van der Waals surface area contributed by atoms with Gasteiger partial charge in [-0.1, -0.05) is 19.9 Å². The van der Waals surface area contributed by atoms with Gasteiger partial charge in [-0.3, -0.25) is 0 Å². The second-order valence-electron chi connectivity index (χ2n) is 5.05. The van der Waals surface area contributed by atoms with E-state index in [4.69, 9.17) is 15.4 Å². The van der Waals surface area contributed by atoms with Gasteiger partial charge in [-0.25, -0.2) is 8.42 Å². The van der Waals surface area contributed by atoms with Gasteiger partial charge in [0, 0.05) is 16.6 Å². The van der Waals surface area contributed by atoms with Crippen LogP contribution in [-0.2, 0) is 15.2 Å². The van der Waals surface area contributed by atoms with Gasteiger partial charge in [0.2, 0.25) is 9.05 Å². The van der Waals surface area contributed by atoms with Crippen molar-refractivity contribution in [3.05, 3.63) is 29.8 Å². The van der Waals surface area contributed by atoms with Crippen LogP contribution in [0.15, 0.2) is 24.3 Å². The molecule has 0 fully saturated rings. The predicted molar refractivity (Wildman–Crippen MR) is 74.9 cm³/mol. The molecule has 3 nitrogen and oxygen atoms in total. The zero-order valence-corrected chi connectivity index (χ0v) is 13.1. The molecule has 0 N–H and O–H groups in total. The van der Waals surface area contributed by atoms with Gasteiger partial charge in [0.25, 0.3) is 0 Å². The molecule has 0 radical (unpaired) electrons. The Morgan fingerprint density at radius 1 is 1.29 bits per heavy atom. The molecule has 1 rings (SSSR count). The summed E-state index contributed by atoms with van der Waals surface area (Å²) >= 11 is 0. The van der Waals surface area contributed by atoms with Crippen molar-refractivity contribution < 1.29 is 26.3 Å². The van der Waals surface area contributed by atoms with Crippen molar-refractivity contribution in [3.8, 4) is 5.75 Å². The standard InChI is InChI=1S/C13H16ClF3O3S/c1-9(2)10(8-21(14,18)19)7-20-12-5-3-4-11(6-12)13(15,16)17/h3-6,9-10H,7-8H2,1-2H3. The maximum Gasteiger partial charge on any atom is 0.416 e. The summed E-state index contributed by atoms with van der Waals surface area (Å²) in [5.41, 5.74) is -0.814. The highest BCUT2D eigenvalue weighted by Gasteiger charge is 2.30. The molecule has 0 saturated carbocycles. The minimum absolute atomic E-state index is 0.0229. The Morgan fingerprint density at radius 2 is 1.90 bits per heavy atom. The maximum atomic E-state index is 12.6. The minimum atomic E-state index is -4.45. The molecule has 1 aromatic rings. The lowest BCUT2D eigenvalue weighted by Gasteiger charge is -2.20. The van der Waals surface area contributed by atoms with Crippen LogP contribution in [-0.4, -0.2) is 20.8 Å². The fourth-order valence-corrected chi connectivity index (χ4v) is 3.13. The third-order valence-corrected chi connectivity index (χ3v) is 4.19. The Hall–Kier alpha value is -0.950. The van der Waals surface area contributed by atoms with Crippen molar-refractivity contribution in [1.29, 1.82) is 0 Å². The third-order valence-electron chi connectivity index (χ3n) is 2.98. The molecule has 0 saturated heterocycles. The number of hydrogen-bond donors (Lipinski definition) is 0. The van der Waals surface area contributed by atoms with Crippen LogP contribution >= 0.6 is 10.7 Å². The number of ether oxygens (including phenoxy) is 1. The van der Waals surface area contributed by atoms with Crippen LogP contribution in [0.5, 0.6) is 5.75 Å². The molecular formula is C13H16ClF3O3S. The predicted octanol–water partition coefficient (Wildman–Crippen LogP) is 3.93. The van der Waals surface area contributed by atoms with Crippen LogP contribution in [0.25, 0.3) is 0 Å². The SMILES string of the molecule is CC(C)C(COc1cccc(C(F)(F)F)c1)CS(=O)(=O)Cl. The zero-order valence-electron chi connectivity index (χ0n) is 11.5. The molecule has 120 valence electrons. The molecule has 0 amide bonds. The first-order valence-corrected chi connectivity index (χ1v) is 8.69. The molecule has 0 aliphatic rings. The topological polar surface area (TPSA) is 43.4 Å². The number of benzene rings is 1. The van der Waals surface area contributed by atoms with E-state index in [9.17, 15) is 21.6 Å². The highest BCUT2D eigenvalue weighted by Crippen LogP contribution is 2.31. The van der Waals surface area contributed by atoms with Gasteiger partial charge >= 0.3 is 6.18 Å². The van der Waals surface area contributed by atoms with E-state index >= 15 is 0 Å². The summed E-state index contributed by atoms with van der Waals surface area (Å²) in [4.78, 5) is 0. The average Bonchev–Trinajstić information content (AvgIpc) is 2.32. The minimum Gasteiger partial charge on any atom is -0.493 e. The van der Waals surface area contributed by atoms with Gasteiger partial charge in [0.1, 0.15) is 5.75 Å². The van der Waals surface area contributed by atoms with Crippen molar-refractivity contribution in [2.45, 2.75) is 20.0 Å². The Morgan fingerprint density at radius 3 is 2.38 bits per heavy atom. The molecule has 1 unspecified atom stereocenters. The van der Waals surface area contributed by atoms with E-state index < -0.39 is 26.7 Å². The molecule has 0 bridgehead atoms. The Balaban J connectivity index is 2.77. The fourth-order valence-electron chi connectivity index (χ4n) is 1.65. The van der Waals surface area contributed by atoms with E-state index in [1.165, 1.54) is 12.1 Å². The Bertz CT molecular complexity index is 570. The van der Waals surface area contributed by atoms with Crippen LogP contribution < -0.4 is 4.74 Å². The quantitative estimate of drug-likeness (QED) is 0.734. The highest BCUT2D eigenvalue weighted by molar-refractivity contribution is 8.13. The lowest BCUT2D eigenvalue weighted by molar-refractivity contribution is -0.137.